The molecule has 1 aliphatic rings. The molecule has 0 spiro atoms. The van der Waals surface area contributed by atoms with E-state index in [0.29, 0.717) is 0 Å². The first kappa shape index (κ1) is 42.9. The second-order valence-electron chi connectivity index (χ2n) is 19.4. The minimum Gasteiger partial charge on any atom is -0.310 e. The number of hydrogen-bond donors (Lipinski definition) is 0. The van der Waals surface area contributed by atoms with Crippen molar-refractivity contribution in [2.45, 2.75) is 19.3 Å². The zero-order valence-electron chi connectivity index (χ0n) is 40.3. The lowest BCUT2D eigenvalue weighted by molar-refractivity contribution is 0.660. The van der Waals surface area contributed by atoms with Crippen LogP contribution in [0.5, 0.6) is 0 Å². The lowest BCUT2D eigenvalue weighted by atomic mass is 9.82. The summed E-state index contributed by atoms with van der Waals surface area (Å²) in [6.07, 6.45) is 0. The fourth-order valence-electron chi connectivity index (χ4n) is 11.2. The van der Waals surface area contributed by atoms with Crippen LogP contribution in [0.1, 0.15) is 25.0 Å². The van der Waals surface area contributed by atoms with E-state index in [0.717, 1.165) is 56.5 Å². The van der Waals surface area contributed by atoms with Gasteiger partial charge in [-0.2, -0.15) is 0 Å². The third-order valence-electron chi connectivity index (χ3n) is 14.8. The summed E-state index contributed by atoms with van der Waals surface area (Å²) in [5.41, 5.74) is 22.2. The summed E-state index contributed by atoms with van der Waals surface area (Å²) in [7, 11) is 0. The first-order valence-corrected chi connectivity index (χ1v) is 24.9. The van der Waals surface area contributed by atoms with Crippen LogP contribution >= 0.6 is 0 Å². The summed E-state index contributed by atoms with van der Waals surface area (Å²) in [6.45, 7) is 4.72. The Labute approximate surface area is 421 Å². The van der Waals surface area contributed by atoms with Gasteiger partial charge in [0.15, 0.2) is 0 Å². The Morgan fingerprint density at radius 3 is 1.44 bits per heavy atom. The molecule has 0 atom stereocenters. The van der Waals surface area contributed by atoms with Crippen molar-refractivity contribution in [1.29, 1.82) is 0 Å². The molecule has 0 aliphatic heterocycles. The van der Waals surface area contributed by atoms with E-state index in [1.807, 2.05) is 0 Å². The second kappa shape index (κ2) is 17.7. The average molecular weight is 922 g/mol. The van der Waals surface area contributed by atoms with E-state index >= 15 is 0 Å². The summed E-state index contributed by atoms with van der Waals surface area (Å²) < 4.78 is 2.41. The maximum absolute atomic E-state index is 2.43. The highest BCUT2D eigenvalue weighted by Crippen LogP contribution is 2.52. The van der Waals surface area contributed by atoms with Crippen molar-refractivity contribution in [1.82, 2.24) is 4.57 Å². The van der Waals surface area contributed by atoms with Crippen LogP contribution in [-0.4, -0.2) is 4.57 Å². The molecule has 13 rings (SSSR count). The van der Waals surface area contributed by atoms with E-state index in [9.17, 15) is 0 Å². The van der Waals surface area contributed by atoms with Gasteiger partial charge in [-0.25, -0.2) is 0 Å². The Morgan fingerprint density at radius 2 is 0.764 bits per heavy atom. The summed E-state index contributed by atoms with van der Waals surface area (Å²) in [5, 5.41) is 2.41. The van der Waals surface area contributed by atoms with E-state index in [1.165, 1.54) is 60.8 Å². The fraction of sp³-hybridized carbons (Fsp3) is 0.0435. The number of benzene rings is 11. The Hall–Kier alpha value is -9.18. The van der Waals surface area contributed by atoms with Crippen LogP contribution in [0.2, 0.25) is 0 Å². The molecule has 72 heavy (non-hydrogen) atoms. The van der Waals surface area contributed by atoms with E-state index in [4.69, 9.17) is 0 Å². The van der Waals surface area contributed by atoms with Gasteiger partial charge >= 0.3 is 0 Å². The topological polar surface area (TPSA) is 11.4 Å². The Bertz CT molecular complexity index is 3910. The number of fused-ring (bicyclic) bond motifs is 6. The Kier molecular flexibility index (Phi) is 10.5. The average Bonchev–Trinajstić information content (AvgIpc) is 3.90. The molecule has 0 unspecified atom stereocenters. The van der Waals surface area contributed by atoms with Crippen LogP contribution in [-0.2, 0) is 5.41 Å². The summed E-state index contributed by atoms with van der Waals surface area (Å²) in [6, 6.07) is 99.7. The van der Waals surface area contributed by atoms with Crippen molar-refractivity contribution in [3.05, 3.63) is 284 Å². The molecule has 0 amide bonds. The molecular weight excluding hydrogens is 871 g/mol. The SMILES string of the molecule is CC1(C)c2ccccc2-c2ccc(N(c3ccccc3)c3ccc(N(c4ccccc4)c4ccc(-c5ccccc5)cc4)c(-c4ccc5c(c4)c4ccccc4n5-c4ccc(-c5ccccc5)cc4)c3)cc21. The number of rotatable bonds is 10. The Balaban J connectivity index is 1.02. The number of para-hydroxylation sites is 3. The monoisotopic (exact) mass is 921 g/mol. The van der Waals surface area contributed by atoms with Gasteiger partial charge in [0, 0.05) is 55.9 Å². The predicted octanol–water partition coefficient (Wildman–Crippen LogP) is 19.0. The van der Waals surface area contributed by atoms with Crippen molar-refractivity contribution < 1.29 is 0 Å². The van der Waals surface area contributed by atoms with E-state index in [1.54, 1.807) is 0 Å². The summed E-state index contributed by atoms with van der Waals surface area (Å²) >= 11 is 0. The standard InChI is InChI=1S/C69H51N3/c1-69(2)64-29-17-15-27-59(64)60-42-40-58(47-65(60)69)70(53-23-11-5-12-24-53)57-41-44-67(71(54-25-13-6-14-26-54)55-36-31-50(32-37-55)48-19-7-3-8-20-48)62(46-57)52-35-43-68-63(45-52)61-28-16-18-30-66(61)72(68)56-38-33-51(34-39-56)49-21-9-4-10-22-49/h3-47H,1-2H3. The Morgan fingerprint density at radius 1 is 0.292 bits per heavy atom. The lowest BCUT2D eigenvalue weighted by Crippen LogP contribution is -2.17. The van der Waals surface area contributed by atoms with Crippen LogP contribution in [0, 0.1) is 0 Å². The van der Waals surface area contributed by atoms with Crippen LogP contribution in [0.3, 0.4) is 0 Å². The molecule has 3 nitrogen and oxygen atoms in total. The molecule has 12 aromatic rings. The molecule has 1 aromatic heterocycles. The zero-order valence-corrected chi connectivity index (χ0v) is 40.3. The second-order valence-corrected chi connectivity index (χ2v) is 19.4. The van der Waals surface area contributed by atoms with Gasteiger partial charge in [0.25, 0.3) is 0 Å². The van der Waals surface area contributed by atoms with E-state index < -0.39 is 0 Å². The van der Waals surface area contributed by atoms with Gasteiger partial charge in [-0.1, -0.05) is 190 Å². The minimum atomic E-state index is -0.149. The van der Waals surface area contributed by atoms with Crippen molar-refractivity contribution >= 4 is 55.9 Å². The molecular formula is C69H51N3. The number of anilines is 6. The highest BCUT2D eigenvalue weighted by atomic mass is 15.2. The largest absolute Gasteiger partial charge is 0.310 e. The van der Waals surface area contributed by atoms with Crippen molar-refractivity contribution in [3.63, 3.8) is 0 Å². The van der Waals surface area contributed by atoms with Crippen LogP contribution in [0.15, 0.2) is 273 Å². The molecule has 0 saturated carbocycles. The molecule has 1 heterocycles. The summed E-state index contributed by atoms with van der Waals surface area (Å²) in [5.74, 6) is 0. The molecule has 0 N–H and O–H groups in total. The molecule has 342 valence electrons. The van der Waals surface area contributed by atoms with Crippen molar-refractivity contribution in [3.8, 4) is 50.2 Å². The van der Waals surface area contributed by atoms with Crippen LogP contribution < -0.4 is 9.80 Å². The predicted molar refractivity (Wildman–Crippen MR) is 304 cm³/mol. The van der Waals surface area contributed by atoms with Gasteiger partial charge in [-0.3, -0.25) is 0 Å². The third kappa shape index (κ3) is 7.37. The first-order valence-electron chi connectivity index (χ1n) is 24.9. The number of aromatic nitrogens is 1. The fourth-order valence-corrected chi connectivity index (χ4v) is 11.2. The summed E-state index contributed by atoms with van der Waals surface area (Å²) in [4.78, 5) is 4.84. The molecule has 3 heteroatoms. The maximum Gasteiger partial charge on any atom is 0.0541 e. The number of hydrogen-bond acceptors (Lipinski definition) is 2. The molecule has 0 fully saturated rings. The molecule has 1 aliphatic carbocycles. The molecule has 11 aromatic carbocycles. The van der Waals surface area contributed by atoms with Gasteiger partial charge < -0.3 is 14.4 Å². The normalized spacial score (nSPS) is 12.4. The van der Waals surface area contributed by atoms with Gasteiger partial charge in [0.05, 0.1) is 16.7 Å². The smallest absolute Gasteiger partial charge is 0.0541 e. The number of nitrogens with zero attached hydrogens (tertiary/aromatic N) is 3. The highest BCUT2D eigenvalue weighted by molar-refractivity contribution is 6.11. The van der Waals surface area contributed by atoms with Gasteiger partial charge in [0.1, 0.15) is 0 Å². The van der Waals surface area contributed by atoms with Crippen molar-refractivity contribution in [2.75, 3.05) is 9.80 Å². The third-order valence-corrected chi connectivity index (χ3v) is 14.8. The van der Waals surface area contributed by atoms with Gasteiger partial charge in [0.2, 0.25) is 0 Å². The lowest BCUT2D eigenvalue weighted by Gasteiger charge is -2.31. The first-order chi connectivity index (χ1) is 35.5. The minimum absolute atomic E-state index is 0.149. The van der Waals surface area contributed by atoms with E-state index in [2.05, 4.69) is 301 Å². The quantitative estimate of drug-likeness (QED) is 0.135. The van der Waals surface area contributed by atoms with Crippen LogP contribution in [0.4, 0.5) is 34.1 Å². The van der Waals surface area contributed by atoms with Gasteiger partial charge in [-0.15, -0.1) is 0 Å². The van der Waals surface area contributed by atoms with E-state index in [-0.39, 0.29) is 5.41 Å². The van der Waals surface area contributed by atoms with Gasteiger partial charge in [-0.05, 0) is 147 Å². The zero-order chi connectivity index (χ0) is 48.2. The molecule has 0 radical (unpaired) electrons. The highest BCUT2D eigenvalue weighted by Gasteiger charge is 2.36. The van der Waals surface area contributed by atoms with Crippen LogP contribution in [0.25, 0.3) is 72.0 Å². The molecule has 0 bridgehead atoms. The maximum atomic E-state index is 2.43. The van der Waals surface area contributed by atoms with Crippen molar-refractivity contribution in [2.24, 2.45) is 0 Å². The molecule has 0 saturated heterocycles.